The molecule has 0 saturated heterocycles. The molecule has 0 unspecified atom stereocenters. The number of carboxylic acids is 1. The first-order valence-electron chi connectivity index (χ1n) is 5.67. The predicted molar refractivity (Wildman–Crippen MR) is 71.4 cm³/mol. The smallest absolute Gasteiger partial charge is 0.328 e. The summed E-state index contributed by atoms with van der Waals surface area (Å²) >= 11 is 0. The van der Waals surface area contributed by atoms with E-state index < -0.39 is 5.97 Å². The fourth-order valence-corrected chi connectivity index (χ4v) is 1.43. The molecule has 0 radical (unpaired) electrons. The topological polar surface area (TPSA) is 46.5 Å². The average molecular weight is 244 g/mol. The second-order valence-corrected chi connectivity index (χ2v) is 3.74. The third-order valence-electron chi connectivity index (χ3n) is 2.23. The summed E-state index contributed by atoms with van der Waals surface area (Å²) in [5.41, 5.74) is 1.82. The van der Waals surface area contributed by atoms with E-state index in [9.17, 15) is 4.79 Å². The van der Waals surface area contributed by atoms with Crippen molar-refractivity contribution in [1.29, 1.82) is 0 Å². The molecule has 1 aromatic rings. The Morgan fingerprint density at radius 3 is 2.94 bits per heavy atom. The molecule has 0 aromatic heterocycles. The molecule has 0 heterocycles. The molecule has 1 aromatic carbocycles. The second-order valence-electron chi connectivity index (χ2n) is 3.74. The van der Waals surface area contributed by atoms with E-state index in [0.717, 1.165) is 17.2 Å². The third-order valence-corrected chi connectivity index (χ3v) is 2.23. The van der Waals surface area contributed by atoms with E-state index in [1.807, 2.05) is 25.1 Å². The molecule has 94 valence electrons. The molecular formula is C15H16O3. The highest BCUT2D eigenvalue weighted by Crippen LogP contribution is 2.21. The minimum Gasteiger partial charge on any atom is -0.492 e. The van der Waals surface area contributed by atoms with Gasteiger partial charge in [0.2, 0.25) is 0 Å². The molecule has 0 spiro atoms. The van der Waals surface area contributed by atoms with E-state index in [-0.39, 0.29) is 0 Å². The highest BCUT2D eigenvalue weighted by molar-refractivity contribution is 5.85. The predicted octanol–water partition coefficient (Wildman–Crippen LogP) is 2.89. The van der Waals surface area contributed by atoms with E-state index in [4.69, 9.17) is 9.84 Å². The molecule has 0 saturated carbocycles. The number of hydrogen-bond donors (Lipinski definition) is 1. The lowest BCUT2D eigenvalue weighted by Crippen LogP contribution is -1.98. The Hall–Kier alpha value is -2.21. The number of ether oxygens (including phenoxy) is 1. The first-order valence-corrected chi connectivity index (χ1v) is 5.67. The first kappa shape index (κ1) is 13.9. The summed E-state index contributed by atoms with van der Waals surface area (Å²) in [6.07, 6.45) is 3.30. The molecule has 0 bridgehead atoms. The van der Waals surface area contributed by atoms with Crippen molar-refractivity contribution in [2.45, 2.75) is 20.3 Å². The van der Waals surface area contributed by atoms with Crippen molar-refractivity contribution < 1.29 is 14.6 Å². The van der Waals surface area contributed by atoms with Gasteiger partial charge in [0.05, 0.1) is 6.61 Å². The lowest BCUT2D eigenvalue weighted by atomic mass is 10.1. The molecule has 0 aliphatic carbocycles. The van der Waals surface area contributed by atoms with E-state index in [1.54, 1.807) is 6.92 Å². The van der Waals surface area contributed by atoms with Crippen LogP contribution in [-0.2, 0) is 4.79 Å². The first-order chi connectivity index (χ1) is 8.63. The Morgan fingerprint density at radius 2 is 2.28 bits per heavy atom. The fraction of sp³-hybridized carbons (Fsp3) is 0.267. The Labute approximate surface area is 107 Å². The van der Waals surface area contributed by atoms with Crippen LogP contribution in [0.4, 0.5) is 0 Å². The number of hydrogen-bond acceptors (Lipinski definition) is 2. The van der Waals surface area contributed by atoms with Gasteiger partial charge in [0.1, 0.15) is 5.75 Å². The number of rotatable bonds is 5. The Morgan fingerprint density at radius 1 is 1.50 bits per heavy atom. The number of carboxylic acid groups (broad SMARTS) is 1. The maximum Gasteiger partial charge on any atom is 0.328 e. The highest BCUT2D eigenvalue weighted by atomic mass is 16.5. The second kappa shape index (κ2) is 7.18. The van der Waals surface area contributed by atoms with Crippen LogP contribution in [0.1, 0.15) is 24.5 Å². The fourth-order valence-electron chi connectivity index (χ4n) is 1.43. The number of aryl methyl sites for hydroxylation is 1. The van der Waals surface area contributed by atoms with Gasteiger partial charge in [-0.25, -0.2) is 4.79 Å². The molecule has 1 N–H and O–H groups in total. The van der Waals surface area contributed by atoms with Gasteiger partial charge in [-0.1, -0.05) is 11.6 Å². The van der Waals surface area contributed by atoms with Gasteiger partial charge in [-0.2, -0.15) is 0 Å². The largest absolute Gasteiger partial charge is 0.492 e. The van der Waals surface area contributed by atoms with Crippen LogP contribution in [-0.4, -0.2) is 17.7 Å². The molecule has 0 aliphatic heterocycles. The average Bonchev–Trinajstić information content (AvgIpc) is 2.34. The van der Waals surface area contributed by atoms with E-state index in [2.05, 4.69) is 11.8 Å². The molecule has 3 nitrogen and oxygen atoms in total. The summed E-state index contributed by atoms with van der Waals surface area (Å²) in [4.78, 5) is 10.5. The molecule has 1 rings (SSSR count). The molecule has 3 heteroatoms. The standard InChI is InChI=1S/C15H16O3/c1-3-4-5-10-18-14-8-6-12(2)11-13(14)7-9-15(16)17/h6-9,11H,5,10H2,1-2H3,(H,16,17)/b9-7+. The van der Waals surface area contributed by atoms with Crippen LogP contribution in [0, 0.1) is 18.8 Å². The van der Waals surface area contributed by atoms with Gasteiger partial charge >= 0.3 is 5.97 Å². The van der Waals surface area contributed by atoms with Gasteiger partial charge in [0, 0.05) is 18.1 Å². The molecule has 0 fully saturated rings. The van der Waals surface area contributed by atoms with Crippen LogP contribution >= 0.6 is 0 Å². The van der Waals surface area contributed by atoms with Crippen molar-refractivity contribution in [2.24, 2.45) is 0 Å². The molecule has 0 amide bonds. The third kappa shape index (κ3) is 4.75. The normalized spacial score (nSPS) is 9.89. The van der Waals surface area contributed by atoms with Gasteiger partial charge < -0.3 is 9.84 Å². The van der Waals surface area contributed by atoms with Crippen molar-refractivity contribution in [3.8, 4) is 17.6 Å². The van der Waals surface area contributed by atoms with Gasteiger partial charge in [-0.3, -0.25) is 0 Å². The summed E-state index contributed by atoms with van der Waals surface area (Å²) in [5, 5.41) is 8.64. The van der Waals surface area contributed by atoms with Gasteiger partial charge in [0.15, 0.2) is 0 Å². The van der Waals surface area contributed by atoms with Crippen molar-refractivity contribution in [1.82, 2.24) is 0 Å². The van der Waals surface area contributed by atoms with Crippen LogP contribution < -0.4 is 4.74 Å². The summed E-state index contributed by atoms with van der Waals surface area (Å²) in [5.74, 6) is 5.41. The highest BCUT2D eigenvalue weighted by Gasteiger charge is 2.01. The van der Waals surface area contributed by atoms with E-state index in [0.29, 0.717) is 18.8 Å². The van der Waals surface area contributed by atoms with Crippen molar-refractivity contribution in [2.75, 3.05) is 6.61 Å². The monoisotopic (exact) mass is 244 g/mol. The summed E-state index contributed by atoms with van der Waals surface area (Å²) < 4.78 is 5.58. The Balaban J connectivity index is 2.81. The Kier molecular flexibility index (Phi) is 5.53. The lowest BCUT2D eigenvalue weighted by molar-refractivity contribution is -0.131. The zero-order chi connectivity index (χ0) is 13.4. The van der Waals surface area contributed by atoms with E-state index >= 15 is 0 Å². The van der Waals surface area contributed by atoms with E-state index in [1.165, 1.54) is 6.08 Å². The zero-order valence-electron chi connectivity index (χ0n) is 10.6. The maximum atomic E-state index is 10.5. The van der Waals surface area contributed by atoms with Crippen molar-refractivity contribution in [3.63, 3.8) is 0 Å². The van der Waals surface area contributed by atoms with Crippen molar-refractivity contribution >= 4 is 12.0 Å². The minimum absolute atomic E-state index is 0.498. The van der Waals surface area contributed by atoms with Gasteiger partial charge in [0.25, 0.3) is 0 Å². The molecule has 0 aliphatic rings. The van der Waals surface area contributed by atoms with Crippen LogP contribution in [0.25, 0.3) is 6.08 Å². The lowest BCUT2D eigenvalue weighted by Gasteiger charge is -2.08. The summed E-state index contributed by atoms with van der Waals surface area (Å²) in [6.45, 7) is 4.23. The molecule has 0 atom stereocenters. The van der Waals surface area contributed by atoms with Crippen LogP contribution in [0.5, 0.6) is 5.75 Å². The maximum absolute atomic E-state index is 10.5. The summed E-state index contributed by atoms with van der Waals surface area (Å²) in [6, 6.07) is 5.66. The van der Waals surface area contributed by atoms with Gasteiger partial charge in [-0.15, -0.1) is 11.8 Å². The van der Waals surface area contributed by atoms with Crippen LogP contribution in [0.15, 0.2) is 24.3 Å². The minimum atomic E-state index is -0.973. The Bertz CT molecular complexity index is 504. The summed E-state index contributed by atoms with van der Waals surface area (Å²) in [7, 11) is 0. The number of carbonyl (C=O) groups is 1. The molecular weight excluding hydrogens is 228 g/mol. The zero-order valence-corrected chi connectivity index (χ0v) is 10.6. The van der Waals surface area contributed by atoms with Crippen molar-refractivity contribution in [3.05, 3.63) is 35.4 Å². The van der Waals surface area contributed by atoms with Gasteiger partial charge in [-0.05, 0) is 32.1 Å². The SMILES string of the molecule is CC#CCCOc1ccc(C)cc1/C=C/C(=O)O. The molecule has 18 heavy (non-hydrogen) atoms. The quantitative estimate of drug-likeness (QED) is 0.492. The number of benzene rings is 1. The van der Waals surface area contributed by atoms with Crippen LogP contribution in [0.2, 0.25) is 0 Å². The number of aliphatic carboxylic acids is 1. The van der Waals surface area contributed by atoms with Crippen LogP contribution in [0.3, 0.4) is 0 Å².